The molecule has 88 valence electrons. The number of nitrogens with two attached hydrogens (primary N) is 1. The summed E-state index contributed by atoms with van der Waals surface area (Å²) in [7, 11) is 1.56. The Morgan fingerprint density at radius 2 is 2.19 bits per heavy atom. The molecule has 0 atom stereocenters. The lowest BCUT2D eigenvalue weighted by atomic mass is 10.1. The molecule has 1 aromatic rings. The topological polar surface area (TPSA) is 73.6 Å². The van der Waals surface area contributed by atoms with E-state index in [1.807, 2.05) is 17.6 Å². The van der Waals surface area contributed by atoms with Crippen LogP contribution in [-0.4, -0.2) is 19.6 Å². The van der Waals surface area contributed by atoms with Crippen LogP contribution in [0, 0.1) is 0 Å². The third-order valence-electron chi connectivity index (χ3n) is 2.16. The zero-order valence-electron chi connectivity index (χ0n) is 9.45. The normalized spacial score (nSPS) is 9.69. The molecule has 0 aliphatic heterocycles. The maximum Gasteiger partial charge on any atom is 0.271 e. The SMILES string of the molecule is CCc1ccc(OCC(=O)NN)c(OC)c1. The monoisotopic (exact) mass is 224 g/mol. The van der Waals surface area contributed by atoms with Crippen LogP contribution in [0.3, 0.4) is 0 Å². The lowest BCUT2D eigenvalue weighted by Crippen LogP contribution is -2.34. The van der Waals surface area contributed by atoms with Crippen LogP contribution in [-0.2, 0) is 11.2 Å². The van der Waals surface area contributed by atoms with Gasteiger partial charge in [-0.25, -0.2) is 5.84 Å². The van der Waals surface area contributed by atoms with Gasteiger partial charge in [-0.3, -0.25) is 10.2 Å². The largest absolute Gasteiger partial charge is 0.493 e. The van der Waals surface area contributed by atoms with E-state index in [1.54, 1.807) is 13.2 Å². The van der Waals surface area contributed by atoms with Gasteiger partial charge in [0.2, 0.25) is 0 Å². The first-order valence-corrected chi connectivity index (χ1v) is 5.00. The molecule has 0 heterocycles. The number of hydrogen-bond donors (Lipinski definition) is 2. The Kier molecular flexibility index (Phi) is 4.60. The van der Waals surface area contributed by atoms with Crippen molar-refractivity contribution in [2.75, 3.05) is 13.7 Å². The molecule has 5 nitrogen and oxygen atoms in total. The van der Waals surface area contributed by atoms with Gasteiger partial charge >= 0.3 is 0 Å². The highest BCUT2D eigenvalue weighted by Gasteiger charge is 2.07. The number of aryl methyl sites for hydroxylation is 1. The fourth-order valence-corrected chi connectivity index (χ4v) is 1.24. The lowest BCUT2D eigenvalue weighted by molar-refractivity contribution is -0.123. The average Bonchev–Trinajstić information content (AvgIpc) is 2.35. The zero-order valence-corrected chi connectivity index (χ0v) is 9.45. The summed E-state index contributed by atoms with van der Waals surface area (Å²) in [5.41, 5.74) is 3.14. The molecule has 0 aliphatic carbocycles. The molecular formula is C11H16N2O3. The maximum absolute atomic E-state index is 10.9. The summed E-state index contributed by atoms with van der Waals surface area (Å²) in [5.74, 6) is 5.70. The maximum atomic E-state index is 10.9. The van der Waals surface area contributed by atoms with Crippen LogP contribution in [0.2, 0.25) is 0 Å². The van der Waals surface area contributed by atoms with Crippen LogP contribution < -0.4 is 20.7 Å². The van der Waals surface area contributed by atoms with E-state index < -0.39 is 0 Å². The number of carbonyl (C=O) groups is 1. The molecule has 0 aliphatic rings. The van der Waals surface area contributed by atoms with Crippen molar-refractivity contribution in [3.63, 3.8) is 0 Å². The molecular weight excluding hydrogens is 208 g/mol. The second-order valence-electron chi connectivity index (χ2n) is 3.19. The summed E-state index contributed by atoms with van der Waals surface area (Å²) >= 11 is 0. The highest BCUT2D eigenvalue weighted by Crippen LogP contribution is 2.28. The molecule has 0 bridgehead atoms. The zero-order chi connectivity index (χ0) is 12.0. The minimum absolute atomic E-state index is 0.127. The smallest absolute Gasteiger partial charge is 0.271 e. The number of methoxy groups -OCH3 is 1. The van der Waals surface area contributed by atoms with Crippen LogP contribution in [0.15, 0.2) is 18.2 Å². The lowest BCUT2D eigenvalue weighted by Gasteiger charge is -2.10. The highest BCUT2D eigenvalue weighted by molar-refractivity contribution is 5.76. The Morgan fingerprint density at radius 3 is 2.75 bits per heavy atom. The summed E-state index contributed by atoms with van der Waals surface area (Å²) in [6.45, 7) is 1.93. The van der Waals surface area contributed by atoms with Gasteiger partial charge in [-0.15, -0.1) is 0 Å². The van der Waals surface area contributed by atoms with Crippen LogP contribution >= 0.6 is 0 Å². The third-order valence-corrected chi connectivity index (χ3v) is 2.16. The van der Waals surface area contributed by atoms with Crippen molar-refractivity contribution in [3.05, 3.63) is 23.8 Å². The molecule has 1 aromatic carbocycles. The molecule has 0 radical (unpaired) electrons. The average molecular weight is 224 g/mol. The fourth-order valence-electron chi connectivity index (χ4n) is 1.24. The first kappa shape index (κ1) is 12.3. The number of nitrogens with one attached hydrogen (secondary N) is 1. The molecule has 0 spiro atoms. The molecule has 16 heavy (non-hydrogen) atoms. The van der Waals surface area contributed by atoms with E-state index in [-0.39, 0.29) is 12.5 Å². The summed E-state index contributed by atoms with van der Waals surface area (Å²) in [6, 6.07) is 5.59. The van der Waals surface area contributed by atoms with E-state index in [0.29, 0.717) is 11.5 Å². The van der Waals surface area contributed by atoms with Crippen molar-refractivity contribution in [2.45, 2.75) is 13.3 Å². The predicted octanol–water partition coefficient (Wildman–Crippen LogP) is 0.626. The number of benzene rings is 1. The summed E-state index contributed by atoms with van der Waals surface area (Å²) < 4.78 is 10.4. The molecule has 5 heteroatoms. The Balaban J connectivity index is 2.75. The van der Waals surface area contributed by atoms with E-state index in [1.165, 1.54) is 0 Å². The van der Waals surface area contributed by atoms with Gasteiger partial charge in [0.15, 0.2) is 18.1 Å². The fraction of sp³-hybridized carbons (Fsp3) is 0.364. The van der Waals surface area contributed by atoms with E-state index in [9.17, 15) is 4.79 Å². The van der Waals surface area contributed by atoms with Crippen LogP contribution in [0.25, 0.3) is 0 Å². The molecule has 0 unspecified atom stereocenters. The molecule has 0 fully saturated rings. The molecule has 1 amide bonds. The molecule has 0 saturated carbocycles. The number of ether oxygens (including phenoxy) is 2. The number of amides is 1. The van der Waals surface area contributed by atoms with Crippen molar-refractivity contribution in [2.24, 2.45) is 5.84 Å². The highest BCUT2D eigenvalue weighted by atomic mass is 16.5. The van der Waals surface area contributed by atoms with Gasteiger partial charge in [0, 0.05) is 0 Å². The molecule has 0 aromatic heterocycles. The Labute approximate surface area is 94.5 Å². The third kappa shape index (κ3) is 3.13. The number of carbonyl (C=O) groups excluding carboxylic acids is 1. The van der Waals surface area contributed by atoms with Crippen molar-refractivity contribution in [1.82, 2.24) is 5.43 Å². The summed E-state index contributed by atoms with van der Waals surface area (Å²) in [6.07, 6.45) is 0.917. The number of hydrazine groups is 1. The van der Waals surface area contributed by atoms with Crippen molar-refractivity contribution < 1.29 is 14.3 Å². The van der Waals surface area contributed by atoms with E-state index in [2.05, 4.69) is 6.92 Å². The van der Waals surface area contributed by atoms with Crippen molar-refractivity contribution >= 4 is 5.91 Å². The standard InChI is InChI=1S/C11H16N2O3/c1-3-8-4-5-9(10(6-8)15-2)16-7-11(14)13-12/h4-6H,3,7,12H2,1-2H3,(H,13,14). The molecule has 1 rings (SSSR count). The van der Waals surface area contributed by atoms with E-state index in [0.717, 1.165) is 12.0 Å². The first-order chi connectivity index (χ1) is 7.71. The van der Waals surface area contributed by atoms with E-state index >= 15 is 0 Å². The minimum Gasteiger partial charge on any atom is -0.493 e. The molecule has 3 N–H and O–H groups in total. The quantitative estimate of drug-likeness (QED) is 0.437. The van der Waals surface area contributed by atoms with Crippen LogP contribution in [0.5, 0.6) is 11.5 Å². The van der Waals surface area contributed by atoms with Gasteiger partial charge in [0.25, 0.3) is 5.91 Å². The van der Waals surface area contributed by atoms with Crippen molar-refractivity contribution in [1.29, 1.82) is 0 Å². The first-order valence-electron chi connectivity index (χ1n) is 5.00. The van der Waals surface area contributed by atoms with Gasteiger partial charge in [0.1, 0.15) is 0 Å². The van der Waals surface area contributed by atoms with Gasteiger partial charge in [-0.1, -0.05) is 13.0 Å². The number of rotatable bonds is 5. The number of hydrogen-bond acceptors (Lipinski definition) is 4. The Bertz CT molecular complexity index is 366. The summed E-state index contributed by atoms with van der Waals surface area (Å²) in [4.78, 5) is 10.9. The van der Waals surface area contributed by atoms with E-state index in [4.69, 9.17) is 15.3 Å². The van der Waals surface area contributed by atoms with Gasteiger partial charge < -0.3 is 9.47 Å². The van der Waals surface area contributed by atoms with Gasteiger partial charge in [0.05, 0.1) is 7.11 Å². The summed E-state index contributed by atoms with van der Waals surface area (Å²) in [5, 5.41) is 0. The van der Waals surface area contributed by atoms with Crippen LogP contribution in [0.1, 0.15) is 12.5 Å². The Morgan fingerprint density at radius 1 is 1.44 bits per heavy atom. The Hall–Kier alpha value is -1.75. The van der Waals surface area contributed by atoms with Gasteiger partial charge in [-0.2, -0.15) is 0 Å². The molecule has 0 saturated heterocycles. The minimum atomic E-state index is -0.387. The van der Waals surface area contributed by atoms with Crippen LogP contribution in [0.4, 0.5) is 0 Å². The predicted molar refractivity (Wildman–Crippen MR) is 60.2 cm³/mol. The van der Waals surface area contributed by atoms with Crippen molar-refractivity contribution in [3.8, 4) is 11.5 Å². The second-order valence-corrected chi connectivity index (χ2v) is 3.19. The van der Waals surface area contributed by atoms with Gasteiger partial charge in [-0.05, 0) is 24.1 Å². The second kappa shape index (κ2) is 5.97.